The summed E-state index contributed by atoms with van der Waals surface area (Å²) in [5.41, 5.74) is 4.83. The Hall–Kier alpha value is -3.99. The van der Waals surface area contributed by atoms with Crippen LogP contribution in [0.3, 0.4) is 0 Å². The Labute approximate surface area is 190 Å². The quantitative estimate of drug-likeness (QED) is 0.280. The van der Waals surface area contributed by atoms with Gasteiger partial charge in [0, 0.05) is 22.8 Å². The Balaban J connectivity index is 1.76. The molecule has 7 rings (SSSR count). The zero-order valence-corrected chi connectivity index (χ0v) is 18.5. The number of rotatable bonds is 3. The van der Waals surface area contributed by atoms with Gasteiger partial charge in [-0.3, -0.25) is 0 Å². The maximum atomic E-state index is 5.95. The fraction of sp³-hybridized carbons (Fsp3) is 0.179. The molecule has 2 aliphatic heterocycles. The summed E-state index contributed by atoms with van der Waals surface area (Å²) < 4.78 is 25.7. The Kier molecular flexibility index (Phi) is 3.80. The molecule has 0 N–H and O–H groups in total. The molecule has 5 aromatic rings. The minimum atomic E-state index is 0.274. The summed E-state index contributed by atoms with van der Waals surface area (Å²) in [5, 5.41) is 5.76. The van der Waals surface area contributed by atoms with E-state index in [9.17, 15) is 0 Å². The fourth-order valence-electron chi connectivity index (χ4n) is 5.62. The predicted octanol–water partition coefficient (Wildman–Crippen LogP) is 5.40. The third kappa shape index (κ3) is 2.39. The molecule has 0 bridgehead atoms. The molecule has 0 atom stereocenters. The van der Waals surface area contributed by atoms with E-state index in [4.69, 9.17) is 18.9 Å². The van der Waals surface area contributed by atoms with Gasteiger partial charge in [0.1, 0.15) is 5.39 Å². The van der Waals surface area contributed by atoms with Gasteiger partial charge >= 0.3 is 0 Å². The van der Waals surface area contributed by atoms with Crippen LogP contribution in [0.2, 0.25) is 0 Å². The highest BCUT2D eigenvalue weighted by Crippen LogP contribution is 2.48. The average molecular weight is 436 g/mol. The predicted molar refractivity (Wildman–Crippen MR) is 128 cm³/mol. The SMILES string of the molecule is COc1ccc2c(c1OC)c(-c1ccccc1)[n+]1c3c2ccc2c4c(cc(c23)CC1)OCO4. The second-order valence-corrected chi connectivity index (χ2v) is 8.49. The van der Waals surface area contributed by atoms with E-state index in [0.717, 1.165) is 63.4 Å². The molecule has 3 heterocycles. The molecule has 33 heavy (non-hydrogen) atoms. The number of fused-ring (bicyclic) bond motifs is 4. The van der Waals surface area contributed by atoms with Gasteiger partial charge in [-0.05, 0) is 48.0 Å². The van der Waals surface area contributed by atoms with Crippen molar-refractivity contribution in [1.29, 1.82) is 0 Å². The Bertz CT molecular complexity index is 1610. The van der Waals surface area contributed by atoms with Gasteiger partial charge < -0.3 is 18.9 Å². The first-order valence-corrected chi connectivity index (χ1v) is 11.1. The van der Waals surface area contributed by atoms with Crippen molar-refractivity contribution in [3.05, 3.63) is 66.2 Å². The smallest absolute Gasteiger partial charge is 0.231 e. The van der Waals surface area contributed by atoms with E-state index in [0.29, 0.717) is 0 Å². The number of nitrogens with zero attached hydrogens (tertiary/aromatic N) is 1. The van der Waals surface area contributed by atoms with Gasteiger partial charge in [-0.1, -0.05) is 18.2 Å². The highest BCUT2D eigenvalue weighted by atomic mass is 16.7. The molecule has 0 saturated carbocycles. The van der Waals surface area contributed by atoms with Crippen LogP contribution in [-0.4, -0.2) is 21.0 Å². The first-order valence-electron chi connectivity index (χ1n) is 11.1. The third-order valence-corrected chi connectivity index (χ3v) is 6.95. The Morgan fingerprint density at radius 3 is 2.45 bits per heavy atom. The van der Waals surface area contributed by atoms with Gasteiger partial charge in [-0.25, -0.2) is 0 Å². The van der Waals surface area contributed by atoms with Crippen molar-refractivity contribution >= 4 is 32.4 Å². The molecule has 4 aromatic carbocycles. The van der Waals surface area contributed by atoms with E-state index in [-0.39, 0.29) is 6.79 Å². The molecule has 5 heteroatoms. The molecule has 0 amide bonds. The van der Waals surface area contributed by atoms with Crippen LogP contribution in [0.1, 0.15) is 5.56 Å². The molecule has 0 saturated heterocycles. The number of aromatic nitrogens is 1. The second-order valence-electron chi connectivity index (χ2n) is 8.49. The topological polar surface area (TPSA) is 40.8 Å². The minimum absolute atomic E-state index is 0.274. The monoisotopic (exact) mass is 436 g/mol. The van der Waals surface area contributed by atoms with Crippen LogP contribution in [0.15, 0.2) is 60.7 Å². The first kappa shape index (κ1) is 18.6. The first-order chi connectivity index (χ1) is 16.3. The van der Waals surface area contributed by atoms with Gasteiger partial charge in [0.05, 0.1) is 25.0 Å². The van der Waals surface area contributed by atoms with Gasteiger partial charge in [0.2, 0.25) is 18.0 Å². The highest BCUT2D eigenvalue weighted by Gasteiger charge is 2.33. The zero-order chi connectivity index (χ0) is 22.1. The van der Waals surface area contributed by atoms with Crippen LogP contribution in [0, 0.1) is 0 Å². The van der Waals surface area contributed by atoms with E-state index in [2.05, 4.69) is 59.2 Å². The minimum Gasteiger partial charge on any atom is -0.493 e. The molecule has 1 aromatic heterocycles. The number of aryl methyl sites for hydroxylation is 2. The number of benzene rings is 4. The molecule has 162 valence electrons. The highest BCUT2D eigenvalue weighted by molar-refractivity contribution is 6.19. The lowest BCUT2D eigenvalue weighted by molar-refractivity contribution is -0.659. The van der Waals surface area contributed by atoms with Gasteiger partial charge in [0.15, 0.2) is 29.5 Å². The number of hydrogen-bond acceptors (Lipinski definition) is 4. The Morgan fingerprint density at radius 2 is 1.64 bits per heavy atom. The summed E-state index contributed by atoms with van der Waals surface area (Å²) in [5.74, 6) is 3.18. The summed E-state index contributed by atoms with van der Waals surface area (Å²) in [4.78, 5) is 0. The Morgan fingerprint density at radius 1 is 0.818 bits per heavy atom. The van der Waals surface area contributed by atoms with Crippen molar-refractivity contribution in [1.82, 2.24) is 0 Å². The van der Waals surface area contributed by atoms with Crippen LogP contribution in [-0.2, 0) is 13.0 Å². The maximum Gasteiger partial charge on any atom is 0.231 e. The van der Waals surface area contributed by atoms with Gasteiger partial charge in [-0.15, -0.1) is 0 Å². The summed E-state index contributed by atoms with van der Waals surface area (Å²) in [6.45, 7) is 1.14. The fourth-order valence-corrected chi connectivity index (χ4v) is 5.62. The lowest BCUT2D eigenvalue weighted by atomic mass is 9.90. The molecule has 0 aliphatic carbocycles. The summed E-state index contributed by atoms with van der Waals surface area (Å²) >= 11 is 0. The maximum absolute atomic E-state index is 5.95. The van der Waals surface area contributed by atoms with Gasteiger partial charge in [0.25, 0.3) is 0 Å². The van der Waals surface area contributed by atoms with E-state index in [1.165, 1.54) is 21.9 Å². The van der Waals surface area contributed by atoms with Crippen molar-refractivity contribution in [2.24, 2.45) is 0 Å². The van der Waals surface area contributed by atoms with Crippen molar-refractivity contribution < 1.29 is 23.5 Å². The molecule has 0 unspecified atom stereocenters. The zero-order valence-electron chi connectivity index (χ0n) is 18.5. The van der Waals surface area contributed by atoms with E-state index in [1.54, 1.807) is 14.2 Å². The normalized spacial score (nSPS) is 13.9. The summed E-state index contributed by atoms with van der Waals surface area (Å²) in [7, 11) is 3.40. The van der Waals surface area contributed by atoms with Gasteiger partial charge in [-0.2, -0.15) is 4.57 Å². The van der Waals surface area contributed by atoms with Crippen molar-refractivity contribution in [3.8, 4) is 34.3 Å². The van der Waals surface area contributed by atoms with Crippen LogP contribution in [0.4, 0.5) is 0 Å². The van der Waals surface area contributed by atoms with Crippen LogP contribution >= 0.6 is 0 Å². The second kappa shape index (κ2) is 6.75. The number of ether oxygens (including phenoxy) is 4. The lowest BCUT2D eigenvalue weighted by Gasteiger charge is -2.21. The number of pyridine rings is 1. The molecular formula is C28H22NO4+. The van der Waals surface area contributed by atoms with Crippen molar-refractivity contribution in [2.75, 3.05) is 21.0 Å². The van der Waals surface area contributed by atoms with Crippen LogP contribution in [0.5, 0.6) is 23.0 Å². The number of hydrogen-bond donors (Lipinski definition) is 0. The van der Waals surface area contributed by atoms with Crippen LogP contribution < -0.4 is 23.5 Å². The van der Waals surface area contributed by atoms with Crippen molar-refractivity contribution in [2.45, 2.75) is 13.0 Å². The molecule has 0 radical (unpaired) electrons. The summed E-state index contributed by atoms with van der Waals surface area (Å²) in [6, 6.07) is 21.2. The lowest BCUT2D eigenvalue weighted by Crippen LogP contribution is -2.41. The largest absolute Gasteiger partial charge is 0.493 e. The van der Waals surface area contributed by atoms with Crippen molar-refractivity contribution in [3.63, 3.8) is 0 Å². The molecule has 0 spiro atoms. The average Bonchev–Trinajstić information content (AvgIpc) is 3.35. The third-order valence-electron chi connectivity index (χ3n) is 6.95. The molecule has 2 aliphatic rings. The standard InChI is InChI=1S/C28H22NO4/c1-30-21-11-10-18-19-8-9-20-23-17(14-22-27(20)33-15-32-22)12-13-29(26(19)23)25(24(18)28(21)31-2)16-6-4-3-5-7-16/h3-11,14H,12-13,15H2,1-2H3/q+1. The summed E-state index contributed by atoms with van der Waals surface area (Å²) in [6.07, 6.45) is 0.918. The number of methoxy groups -OCH3 is 2. The molecule has 5 nitrogen and oxygen atoms in total. The molecular weight excluding hydrogens is 414 g/mol. The molecule has 0 fully saturated rings. The van der Waals surface area contributed by atoms with Crippen LogP contribution in [0.25, 0.3) is 43.7 Å². The van der Waals surface area contributed by atoms with E-state index < -0.39 is 0 Å². The van der Waals surface area contributed by atoms with E-state index in [1.807, 2.05) is 6.07 Å². The van der Waals surface area contributed by atoms with E-state index >= 15 is 0 Å².